The molecule has 0 radical (unpaired) electrons. The van der Waals surface area contributed by atoms with Crippen molar-refractivity contribution >= 4 is 27.8 Å². The highest BCUT2D eigenvalue weighted by Crippen LogP contribution is 2.30. The van der Waals surface area contributed by atoms with Gasteiger partial charge in [-0.2, -0.15) is 8.42 Å². The number of hydrogen-bond acceptors (Lipinski definition) is 6. The largest absolute Gasteiger partial charge is 0.490 e. The molecular weight excluding hydrogens is 360 g/mol. The van der Waals surface area contributed by atoms with E-state index in [0.29, 0.717) is 11.3 Å². The minimum absolute atomic E-state index is 0.0999. The minimum Gasteiger partial charge on any atom is -0.490 e. The highest BCUT2D eigenvalue weighted by molar-refractivity contribution is 7.91. The minimum atomic E-state index is -3.85. The Labute approximate surface area is 153 Å². The van der Waals surface area contributed by atoms with Gasteiger partial charge in [0.15, 0.2) is 5.84 Å². The first-order chi connectivity index (χ1) is 11.8. The molecule has 144 valence electrons. The van der Waals surface area contributed by atoms with Gasteiger partial charge in [-0.25, -0.2) is 4.79 Å². The second-order valence-corrected chi connectivity index (χ2v) is 8.87. The van der Waals surface area contributed by atoms with E-state index in [2.05, 4.69) is 14.4 Å². The Balaban J connectivity index is 2.12. The van der Waals surface area contributed by atoms with Crippen LogP contribution in [0, 0.1) is 0 Å². The van der Waals surface area contributed by atoms with Gasteiger partial charge in [-0.1, -0.05) is 6.07 Å². The van der Waals surface area contributed by atoms with Crippen LogP contribution in [0.1, 0.15) is 40.2 Å². The third kappa shape index (κ3) is 5.25. The number of amides is 1. The maximum absolute atomic E-state index is 11.9. The van der Waals surface area contributed by atoms with Crippen LogP contribution in [0.15, 0.2) is 22.6 Å². The summed E-state index contributed by atoms with van der Waals surface area (Å²) in [6, 6.07) is 4.83. The van der Waals surface area contributed by atoms with Gasteiger partial charge in [-0.05, 0) is 46.8 Å². The highest BCUT2D eigenvalue weighted by Gasteiger charge is 2.28. The molecule has 0 bridgehead atoms. The van der Waals surface area contributed by atoms with Crippen LogP contribution in [-0.4, -0.2) is 38.1 Å². The van der Waals surface area contributed by atoms with Crippen molar-refractivity contribution in [3.8, 4) is 5.75 Å². The quantitative estimate of drug-likeness (QED) is 0.724. The fourth-order valence-electron chi connectivity index (χ4n) is 2.21. The number of alkyl carbamates (subject to hydrolysis) is 1. The summed E-state index contributed by atoms with van der Waals surface area (Å²) in [5.74, 6) is 0.192. The van der Waals surface area contributed by atoms with Crippen molar-refractivity contribution in [1.82, 2.24) is 5.32 Å². The molecule has 0 aliphatic carbocycles. The van der Waals surface area contributed by atoms with Crippen molar-refractivity contribution in [3.63, 3.8) is 0 Å². The number of fused-ring (bicyclic) bond motifs is 1. The summed E-state index contributed by atoms with van der Waals surface area (Å²) in [5.41, 5.74) is 5.06. The molecule has 0 unspecified atom stereocenters. The lowest BCUT2D eigenvalue weighted by Gasteiger charge is -2.29. The number of carbonyl (C=O) groups is 1. The lowest BCUT2D eigenvalue weighted by atomic mass is 10.1. The molecule has 1 amide bonds. The zero-order valence-electron chi connectivity index (χ0n) is 15.4. The molecular formula is C16H24N4O5S. The average Bonchev–Trinajstić information content (AvgIpc) is 2.40. The predicted octanol–water partition coefficient (Wildman–Crippen LogP) is 1.74. The summed E-state index contributed by atoms with van der Waals surface area (Å²) >= 11 is 0. The van der Waals surface area contributed by atoms with Crippen LogP contribution in [-0.2, 0) is 14.9 Å². The Kier molecular flexibility index (Phi) is 5.09. The number of nitrogens with zero attached hydrogens (tertiary/aromatic N) is 1. The second kappa shape index (κ2) is 6.67. The van der Waals surface area contributed by atoms with Crippen LogP contribution in [0.2, 0.25) is 0 Å². The Morgan fingerprint density at radius 2 is 1.92 bits per heavy atom. The Morgan fingerprint density at radius 3 is 2.54 bits per heavy atom. The Bertz CT molecular complexity index is 841. The van der Waals surface area contributed by atoms with Gasteiger partial charge < -0.3 is 20.5 Å². The molecule has 1 aliphatic heterocycles. The van der Waals surface area contributed by atoms with Gasteiger partial charge in [0.2, 0.25) is 0 Å². The first kappa shape index (κ1) is 19.8. The summed E-state index contributed by atoms with van der Waals surface area (Å²) in [6.07, 6.45) is -0.560. The fourth-order valence-corrected chi connectivity index (χ4v) is 3.06. The Morgan fingerprint density at radius 1 is 1.27 bits per heavy atom. The molecule has 0 saturated heterocycles. The van der Waals surface area contributed by atoms with Gasteiger partial charge in [0.25, 0.3) is 0 Å². The first-order valence-electron chi connectivity index (χ1n) is 7.94. The first-order valence-corrected chi connectivity index (χ1v) is 9.38. The van der Waals surface area contributed by atoms with Gasteiger partial charge in [0.05, 0.1) is 16.8 Å². The van der Waals surface area contributed by atoms with Crippen molar-refractivity contribution in [2.24, 2.45) is 10.1 Å². The zero-order valence-corrected chi connectivity index (χ0v) is 16.2. The lowest BCUT2D eigenvalue weighted by molar-refractivity contribution is 0.0441. The lowest BCUT2D eigenvalue weighted by Crippen LogP contribution is -2.49. The second-order valence-electron chi connectivity index (χ2n) is 7.53. The molecule has 1 aliphatic rings. The third-order valence-electron chi connectivity index (χ3n) is 3.17. The van der Waals surface area contributed by atoms with Crippen molar-refractivity contribution in [1.29, 1.82) is 0 Å². The van der Waals surface area contributed by atoms with Gasteiger partial charge in [0, 0.05) is 0 Å². The van der Waals surface area contributed by atoms with Gasteiger partial charge in [0.1, 0.15) is 18.0 Å². The van der Waals surface area contributed by atoms with Crippen molar-refractivity contribution in [3.05, 3.63) is 23.8 Å². The van der Waals surface area contributed by atoms with Crippen molar-refractivity contribution in [2.75, 3.05) is 11.3 Å². The molecule has 2 rings (SSSR count). The maximum atomic E-state index is 11.9. The van der Waals surface area contributed by atoms with E-state index in [-0.39, 0.29) is 18.1 Å². The molecule has 10 heteroatoms. The third-order valence-corrected chi connectivity index (χ3v) is 4.08. The van der Waals surface area contributed by atoms with E-state index >= 15 is 0 Å². The number of rotatable bonds is 4. The Hall–Kier alpha value is -2.49. The van der Waals surface area contributed by atoms with E-state index in [4.69, 9.17) is 15.2 Å². The SMILES string of the molecule is CC(C)(COc1cccc2c1C(N)=NS(=O)(=O)N2)NC(=O)OC(C)(C)C. The van der Waals surface area contributed by atoms with Crippen LogP contribution in [0.5, 0.6) is 5.75 Å². The molecule has 0 fully saturated rings. The van der Waals surface area contributed by atoms with E-state index in [1.807, 2.05) is 0 Å². The number of anilines is 1. The summed E-state index contributed by atoms with van der Waals surface area (Å²) < 4.78 is 40.0. The van der Waals surface area contributed by atoms with Gasteiger partial charge >= 0.3 is 16.3 Å². The molecule has 26 heavy (non-hydrogen) atoms. The molecule has 0 atom stereocenters. The normalized spacial score (nSPS) is 16.0. The number of amidine groups is 1. The summed E-state index contributed by atoms with van der Waals surface area (Å²) in [6.45, 7) is 8.96. The monoisotopic (exact) mass is 384 g/mol. The molecule has 0 spiro atoms. The van der Waals surface area contributed by atoms with E-state index in [0.717, 1.165) is 0 Å². The van der Waals surface area contributed by atoms with Crippen LogP contribution in [0.4, 0.5) is 10.5 Å². The molecule has 0 saturated carbocycles. The van der Waals surface area contributed by atoms with Crippen LogP contribution < -0.4 is 20.5 Å². The number of ether oxygens (including phenoxy) is 2. The predicted molar refractivity (Wildman–Crippen MR) is 98.7 cm³/mol. The van der Waals surface area contributed by atoms with E-state index in [1.165, 1.54) is 0 Å². The molecule has 4 N–H and O–H groups in total. The summed E-state index contributed by atoms with van der Waals surface area (Å²) in [4.78, 5) is 11.9. The van der Waals surface area contributed by atoms with E-state index in [9.17, 15) is 13.2 Å². The molecule has 1 heterocycles. The average molecular weight is 384 g/mol. The van der Waals surface area contributed by atoms with E-state index < -0.39 is 27.4 Å². The van der Waals surface area contributed by atoms with Crippen molar-refractivity contribution < 1.29 is 22.7 Å². The summed E-state index contributed by atoms with van der Waals surface area (Å²) in [5, 5.41) is 2.73. The van der Waals surface area contributed by atoms with Gasteiger partial charge in [-0.3, -0.25) is 4.72 Å². The molecule has 0 aromatic heterocycles. The molecule has 1 aromatic carbocycles. The highest BCUT2D eigenvalue weighted by atomic mass is 32.2. The van der Waals surface area contributed by atoms with Crippen LogP contribution in [0.25, 0.3) is 0 Å². The van der Waals surface area contributed by atoms with Crippen LogP contribution >= 0.6 is 0 Å². The standard InChI is InChI=1S/C16H24N4O5S/c1-15(2,3)25-14(21)18-16(4,5)9-24-11-8-6-7-10-12(11)13(17)20-26(22,23)19-10/h6-8,19H,9H2,1-5H3,(H2,17,20)(H,18,21). The number of carbonyl (C=O) groups excluding carboxylic acids is 1. The number of benzene rings is 1. The smallest absolute Gasteiger partial charge is 0.408 e. The number of nitrogens with one attached hydrogen (secondary N) is 2. The maximum Gasteiger partial charge on any atom is 0.408 e. The summed E-state index contributed by atoms with van der Waals surface area (Å²) in [7, 11) is -3.85. The number of nitrogens with two attached hydrogens (primary N) is 1. The van der Waals surface area contributed by atoms with Crippen LogP contribution in [0.3, 0.4) is 0 Å². The molecule has 1 aromatic rings. The molecule has 9 nitrogen and oxygen atoms in total. The number of hydrogen-bond donors (Lipinski definition) is 3. The van der Waals surface area contributed by atoms with Gasteiger partial charge in [-0.15, -0.1) is 4.40 Å². The topological polar surface area (TPSA) is 132 Å². The zero-order chi connectivity index (χ0) is 19.8. The fraction of sp³-hybridized carbons (Fsp3) is 0.500. The van der Waals surface area contributed by atoms with Crippen molar-refractivity contribution in [2.45, 2.75) is 45.8 Å². The van der Waals surface area contributed by atoms with E-state index in [1.54, 1.807) is 52.8 Å².